The largest absolute Gasteiger partial charge is 0.415 e. The highest BCUT2D eigenvalue weighted by atomic mass is 19.3. The van der Waals surface area contributed by atoms with Crippen molar-refractivity contribution in [2.45, 2.75) is 63.8 Å². The van der Waals surface area contributed by atoms with E-state index in [1.54, 1.807) is 17.1 Å². The Morgan fingerprint density at radius 1 is 0.973 bits per heavy atom. The minimum Gasteiger partial charge on any atom is -0.415 e. The van der Waals surface area contributed by atoms with Crippen LogP contribution in [0.3, 0.4) is 0 Å². The number of hydrogen-bond acceptors (Lipinski definition) is 7. The van der Waals surface area contributed by atoms with Gasteiger partial charge in [-0.05, 0) is 43.4 Å². The zero-order valence-corrected chi connectivity index (χ0v) is 19.9. The fraction of sp³-hybridized carbons (Fsp3) is 0.400. The highest BCUT2D eigenvalue weighted by Crippen LogP contribution is 2.36. The fourth-order valence-electron chi connectivity index (χ4n) is 4.73. The molecule has 12 heteroatoms. The standard InChI is InChI=1S/C25H24F2N8O2/c26-22(27)24-31-30-23(37-24)17-1-2-18-14-35(25(36)21(18)7-17)32(10-15-8-28-33(12-15)19-3-4-19)11-16-9-29-34(13-16)20-5-6-20/h1-2,7-9,12-13,19-20,22H,3-6,10-11,14H2. The number of rotatable bonds is 9. The van der Waals surface area contributed by atoms with Crippen molar-refractivity contribution >= 4 is 5.91 Å². The van der Waals surface area contributed by atoms with Gasteiger partial charge in [0, 0.05) is 47.7 Å². The maximum atomic E-state index is 13.6. The number of fused-ring (bicyclic) bond motifs is 1. The molecular formula is C25H24F2N8O2. The summed E-state index contributed by atoms with van der Waals surface area (Å²) in [7, 11) is 0. The molecule has 1 aliphatic heterocycles. The molecule has 0 saturated heterocycles. The molecule has 7 rings (SSSR count). The minimum absolute atomic E-state index is 0.0406. The van der Waals surface area contributed by atoms with Gasteiger partial charge in [0.2, 0.25) is 5.89 Å². The van der Waals surface area contributed by atoms with Gasteiger partial charge < -0.3 is 4.42 Å². The third kappa shape index (κ3) is 4.31. The van der Waals surface area contributed by atoms with Gasteiger partial charge in [-0.1, -0.05) is 6.07 Å². The topological polar surface area (TPSA) is 98.1 Å². The van der Waals surface area contributed by atoms with E-state index < -0.39 is 12.3 Å². The molecule has 4 heterocycles. The summed E-state index contributed by atoms with van der Waals surface area (Å²) in [5, 5.41) is 19.9. The summed E-state index contributed by atoms with van der Waals surface area (Å²) in [6, 6.07) is 6.11. The van der Waals surface area contributed by atoms with Crippen LogP contribution in [-0.4, -0.2) is 45.7 Å². The molecule has 1 aromatic carbocycles. The Morgan fingerprint density at radius 3 is 2.19 bits per heavy atom. The van der Waals surface area contributed by atoms with Gasteiger partial charge in [-0.3, -0.25) is 19.2 Å². The zero-order valence-electron chi connectivity index (χ0n) is 19.9. The number of hydrazine groups is 1. The van der Waals surface area contributed by atoms with Crippen molar-refractivity contribution in [2.75, 3.05) is 0 Å². The van der Waals surface area contributed by atoms with Crippen LogP contribution in [0.4, 0.5) is 8.78 Å². The van der Waals surface area contributed by atoms with Gasteiger partial charge >= 0.3 is 6.43 Å². The van der Waals surface area contributed by atoms with E-state index in [-0.39, 0.29) is 11.8 Å². The lowest BCUT2D eigenvalue weighted by atomic mass is 10.1. The van der Waals surface area contributed by atoms with E-state index in [0.717, 1.165) is 42.4 Å². The lowest BCUT2D eigenvalue weighted by Gasteiger charge is -2.31. The molecule has 10 nitrogen and oxygen atoms in total. The van der Waals surface area contributed by atoms with Crippen LogP contribution in [0.2, 0.25) is 0 Å². The van der Waals surface area contributed by atoms with Crippen LogP contribution in [0, 0.1) is 0 Å². The van der Waals surface area contributed by atoms with Gasteiger partial charge in [0.05, 0.1) is 31.0 Å². The van der Waals surface area contributed by atoms with Gasteiger partial charge in [-0.2, -0.15) is 19.0 Å². The van der Waals surface area contributed by atoms with E-state index in [0.29, 0.717) is 42.8 Å². The molecule has 0 spiro atoms. The predicted octanol–water partition coefficient (Wildman–Crippen LogP) is 4.31. The lowest BCUT2D eigenvalue weighted by Crippen LogP contribution is -2.41. The summed E-state index contributed by atoms with van der Waals surface area (Å²) in [4.78, 5) is 13.6. The molecule has 0 N–H and O–H groups in total. The summed E-state index contributed by atoms with van der Waals surface area (Å²) < 4.78 is 34.9. The van der Waals surface area contributed by atoms with Crippen molar-refractivity contribution < 1.29 is 18.0 Å². The zero-order chi connectivity index (χ0) is 25.1. The molecule has 37 heavy (non-hydrogen) atoms. The average Bonchev–Trinajstić information content (AvgIpc) is 3.72. The quantitative estimate of drug-likeness (QED) is 0.334. The van der Waals surface area contributed by atoms with Crippen LogP contribution in [0.1, 0.15) is 77.1 Å². The van der Waals surface area contributed by atoms with Crippen LogP contribution < -0.4 is 0 Å². The number of carbonyl (C=O) groups excluding carboxylic acids is 1. The van der Waals surface area contributed by atoms with E-state index in [1.165, 1.54) is 0 Å². The third-order valence-corrected chi connectivity index (χ3v) is 6.99. The van der Waals surface area contributed by atoms with Gasteiger partial charge in [-0.15, -0.1) is 10.2 Å². The van der Waals surface area contributed by atoms with E-state index in [1.807, 2.05) is 32.8 Å². The third-order valence-electron chi connectivity index (χ3n) is 6.99. The van der Waals surface area contributed by atoms with Crippen LogP contribution in [0.15, 0.2) is 47.4 Å². The molecule has 3 aromatic heterocycles. The molecular weight excluding hydrogens is 482 g/mol. The fourth-order valence-corrected chi connectivity index (χ4v) is 4.73. The summed E-state index contributed by atoms with van der Waals surface area (Å²) in [5.41, 5.74) is 3.81. The smallest absolute Gasteiger partial charge is 0.314 e. The maximum absolute atomic E-state index is 13.6. The molecule has 0 unspecified atom stereocenters. The van der Waals surface area contributed by atoms with Crippen LogP contribution in [-0.2, 0) is 19.6 Å². The SMILES string of the molecule is O=C1c2cc(-c3nnc(C(F)F)o3)ccc2CN1N(Cc1cnn(C2CC2)c1)Cc1cnn(C2CC2)c1. The van der Waals surface area contributed by atoms with Crippen molar-refractivity contribution in [2.24, 2.45) is 0 Å². The molecule has 2 saturated carbocycles. The maximum Gasteiger partial charge on any atom is 0.314 e. The number of hydrogen-bond donors (Lipinski definition) is 0. The van der Waals surface area contributed by atoms with Gasteiger partial charge in [0.1, 0.15) is 0 Å². The molecule has 190 valence electrons. The Hall–Kier alpha value is -3.93. The van der Waals surface area contributed by atoms with Crippen LogP contribution in [0.5, 0.6) is 0 Å². The van der Waals surface area contributed by atoms with Crippen molar-refractivity contribution in [3.63, 3.8) is 0 Å². The van der Waals surface area contributed by atoms with Gasteiger partial charge in [-0.25, -0.2) is 5.01 Å². The Morgan fingerprint density at radius 2 is 1.62 bits per heavy atom. The molecule has 4 aromatic rings. The number of benzene rings is 1. The van der Waals surface area contributed by atoms with E-state index in [9.17, 15) is 13.6 Å². The van der Waals surface area contributed by atoms with E-state index in [2.05, 4.69) is 32.8 Å². The van der Waals surface area contributed by atoms with Gasteiger partial charge in [0.15, 0.2) is 0 Å². The first kappa shape index (κ1) is 22.3. The first-order chi connectivity index (χ1) is 18.0. The Bertz CT molecular complexity index is 1420. The van der Waals surface area contributed by atoms with Crippen LogP contribution >= 0.6 is 0 Å². The number of aromatic nitrogens is 6. The van der Waals surface area contributed by atoms with Crippen molar-refractivity contribution in [3.8, 4) is 11.5 Å². The predicted molar refractivity (Wildman–Crippen MR) is 125 cm³/mol. The number of halogens is 2. The normalized spacial score (nSPS) is 17.4. The van der Waals surface area contributed by atoms with Crippen molar-refractivity contribution in [1.29, 1.82) is 0 Å². The van der Waals surface area contributed by atoms with E-state index >= 15 is 0 Å². The highest BCUT2D eigenvalue weighted by Gasteiger charge is 2.34. The summed E-state index contributed by atoms with van der Waals surface area (Å²) in [6.07, 6.45) is 9.56. The first-order valence-corrected chi connectivity index (χ1v) is 12.4. The number of nitrogens with zero attached hydrogens (tertiary/aromatic N) is 8. The summed E-state index contributed by atoms with van der Waals surface area (Å²) in [5.74, 6) is -0.955. The highest BCUT2D eigenvalue weighted by molar-refractivity contribution is 5.99. The molecule has 0 radical (unpaired) electrons. The molecule has 1 amide bonds. The average molecular weight is 507 g/mol. The first-order valence-electron chi connectivity index (χ1n) is 12.4. The van der Waals surface area contributed by atoms with Gasteiger partial charge in [0.25, 0.3) is 11.8 Å². The molecule has 3 aliphatic rings. The number of carbonyl (C=O) groups is 1. The Balaban J connectivity index is 1.16. The monoisotopic (exact) mass is 506 g/mol. The second kappa shape index (κ2) is 8.58. The molecule has 2 aliphatic carbocycles. The van der Waals surface area contributed by atoms with E-state index in [4.69, 9.17) is 4.42 Å². The molecule has 0 bridgehead atoms. The summed E-state index contributed by atoms with van der Waals surface area (Å²) >= 11 is 0. The number of amides is 1. The van der Waals surface area contributed by atoms with Crippen molar-refractivity contribution in [3.05, 3.63) is 71.1 Å². The second-order valence-electron chi connectivity index (χ2n) is 9.92. The van der Waals surface area contributed by atoms with Crippen LogP contribution in [0.25, 0.3) is 11.5 Å². The summed E-state index contributed by atoms with van der Waals surface area (Å²) in [6.45, 7) is 1.42. The number of alkyl halides is 2. The van der Waals surface area contributed by atoms with Crippen molar-refractivity contribution in [1.82, 2.24) is 39.8 Å². The molecule has 0 atom stereocenters. The lowest BCUT2D eigenvalue weighted by molar-refractivity contribution is -0.0215. The Labute approximate surface area is 210 Å². The Kier molecular flexibility index (Phi) is 5.17. The minimum atomic E-state index is -2.85. The molecule has 2 fully saturated rings. The second-order valence-corrected chi connectivity index (χ2v) is 9.92.